The van der Waals surface area contributed by atoms with Crippen LogP contribution >= 0.6 is 0 Å². The normalized spacial score (nSPS) is 10.3. The van der Waals surface area contributed by atoms with Crippen LogP contribution in [-0.4, -0.2) is 21.2 Å². The summed E-state index contributed by atoms with van der Waals surface area (Å²) in [6, 6.07) is 0. The van der Waals surface area contributed by atoms with Gasteiger partial charge >= 0.3 is 0 Å². The van der Waals surface area contributed by atoms with Crippen LogP contribution in [0, 0.1) is 0 Å². The van der Waals surface area contributed by atoms with E-state index in [4.69, 9.17) is 9.84 Å². The Morgan fingerprint density at radius 2 is 2.25 bits per heavy atom. The van der Waals surface area contributed by atoms with Crippen molar-refractivity contribution in [2.75, 3.05) is 0 Å². The van der Waals surface area contributed by atoms with Gasteiger partial charge in [-0.2, -0.15) is 0 Å². The molecular weight excluding hydrogens is 156 g/mol. The summed E-state index contributed by atoms with van der Waals surface area (Å²) in [5.74, 6) is 0.455. The molecule has 0 saturated carbocycles. The number of aromatic nitrogens is 2. The molecule has 66 valence electrons. The van der Waals surface area contributed by atoms with Crippen molar-refractivity contribution in [2.45, 2.75) is 26.6 Å². The predicted octanol–water partition coefficient (Wildman–Crippen LogP) is 0.756. The maximum atomic E-state index is 8.74. The fourth-order valence-electron chi connectivity index (χ4n) is 0.761. The molecule has 0 aliphatic carbocycles. The third-order valence-electron chi connectivity index (χ3n) is 1.18. The molecule has 0 aliphatic rings. The molecule has 0 aromatic carbocycles. The van der Waals surface area contributed by atoms with Crippen LogP contribution in [0.5, 0.6) is 5.88 Å². The third-order valence-corrected chi connectivity index (χ3v) is 1.18. The molecule has 1 heterocycles. The lowest BCUT2D eigenvalue weighted by atomic mass is 10.4. The first-order chi connectivity index (χ1) is 5.72. The average Bonchev–Trinajstić information content (AvgIpc) is 2.03. The van der Waals surface area contributed by atoms with E-state index in [-0.39, 0.29) is 12.7 Å². The van der Waals surface area contributed by atoms with Crippen LogP contribution in [0.4, 0.5) is 0 Å². The number of ether oxygens (including phenoxy) is 1. The molecule has 1 rings (SSSR count). The van der Waals surface area contributed by atoms with Crippen LogP contribution in [0.15, 0.2) is 12.4 Å². The second-order valence-corrected chi connectivity index (χ2v) is 2.67. The zero-order chi connectivity index (χ0) is 8.97. The average molecular weight is 168 g/mol. The Morgan fingerprint density at radius 3 is 2.83 bits per heavy atom. The van der Waals surface area contributed by atoms with Gasteiger partial charge in [0.2, 0.25) is 5.88 Å². The summed E-state index contributed by atoms with van der Waals surface area (Å²) < 4.78 is 5.27. The summed E-state index contributed by atoms with van der Waals surface area (Å²) in [7, 11) is 0. The standard InChI is InChI=1S/C8H12N2O2/c1-6(2)12-8-4-9-3-7(5-11)10-8/h3-4,6,11H,5H2,1-2H3. The van der Waals surface area contributed by atoms with Crippen molar-refractivity contribution in [1.82, 2.24) is 9.97 Å². The summed E-state index contributed by atoms with van der Waals surface area (Å²) in [5, 5.41) is 8.74. The Labute approximate surface area is 71.2 Å². The molecule has 0 saturated heterocycles. The van der Waals surface area contributed by atoms with E-state index in [9.17, 15) is 0 Å². The zero-order valence-electron chi connectivity index (χ0n) is 7.19. The zero-order valence-corrected chi connectivity index (χ0v) is 7.19. The fraction of sp³-hybridized carbons (Fsp3) is 0.500. The van der Waals surface area contributed by atoms with Crippen molar-refractivity contribution >= 4 is 0 Å². The van der Waals surface area contributed by atoms with Crippen LogP contribution in [0.1, 0.15) is 19.5 Å². The number of nitrogens with zero attached hydrogens (tertiary/aromatic N) is 2. The van der Waals surface area contributed by atoms with E-state index in [0.29, 0.717) is 11.6 Å². The second-order valence-electron chi connectivity index (χ2n) is 2.67. The molecule has 0 fully saturated rings. The molecule has 0 aliphatic heterocycles. The Bertz CT molecular complexity index is 251. The largest absolute Gasteiger partial charge is 0.474 e. The van der Waals surface area contributed by atoms with Gasteiger partial charge in [-0.3, -0.25) is 4.98 Å². The minimum Gasteiger partial charge on any atom is -0.474 e. The molecule has 1 aromatic heterocycles. The van der Waals surface area contributed by atoms with E-state index in [1.54, 1.807) is 0 Å². The molecule has 0 radical (unpaired) electrons. The number of rotatable bonds is 3. The first kappa shape index (κ1) is 8.93. The third kappa shape index (κ3) is 2.47. The van der Waals surface area contributed by atoms with Gasteiger partial charge in [0.15, 0.2) is 0 Å². The molecule has 0 atom stereocenters. The van der Waals surface area contributed by atoms with Crippen molar-refractivity contribution < 1.29 is 9.84 Å². The van der Waals surface area contributed by atoms with Gasteiger partial charge in [0, 0.05) is 0 Å². The van der Waals surface area contributed by atoms with E-state index in [0.717, 1.165) is 0 Å². The Morgan fingerprint density at radius 1 is 1.50 bits per heavy atom. The van der Waals surface area contributed by atoms with E-state index in [2.05, 4.69) is 9.97 Å². The number of aliphatic hydroxyl groups excluding tert-OH is 1. The molecule has 0 bridgehead atoms. The quantitative estimate of drug-likeness (QED) is 0.723. The van der Waals surface area contributed by atoms with Crippen LogP contribution in [-0.2, 0) is 6.61 Å². The van der Waals surface area contributed by atoms with Gasteiger partial charge in [-0.1, -0.05) is 0 Å². The van der Waals surface area contributed by atoms with Crippen molar-refractivity contribution in [3.05, 3.63) is 18.1 Å². The number of hydrogen-bond donors (Lipinski definition) is 1. The summed E-state index contributed by atoms with van der Waals surface area (Å²) in [6.07, 6.45) is 3.11. The highest BCUT2D eigenvalue weighted by Gasteiger charge is 2.00. The first-order valence-electron chi connectivity index (χ1n) is 3.81. The highest BCUT2D eigenvalue weighted by Crippen LogP contribution is 2.06. The summed E-state index contributed by atoms with van der Waals surface area (Å²) in [6.45, 7) is 3.71. The SMILES string of the molecule is CC(C)Oc1cncc(CO)n1. The molecule has 4 heteroatoms. The minimum absolute atomic E-state index is 0.0771. The lowest BCUT2D eigenvalue weighted by molar-refractivity contribution is 0.226. The molecule has 1 aromatic rings. The van der Waals surface area contributed by atoms with Gasteiger partial charge in [0.05, 0.1) is 30.8 Å². The number of hydrogen-bond acceptors (Lipinski definition) is 4. The van der Waals surface area contributed by atoms with Gasteiger partial charge in [-0.05, 0) is 13.8 Å². The highest BCUT2D eigenvalue weighted by atomic mass is 16.5. The van der Waals surface area contributed by atoms with Crippen molar-refractivity contribution in [1.29, 1.82) is 0 Å². The van der Waals surface area contributed by atoms with Gasteiger partial charge < -0.3 is 9.84 Å². The van der Waals surface area contributed by atoms with Crippen LogP contribution in [0.25, 0.3) is 0 Å². The monoisotopic (exact) mass is 168 g/mol. The molecule has 0 unspecified atom stereocenters. The van der Waals surface area contributed by atoms with Crippen LogP contribution in [0.3, 0.4) is 0 Å². The van der Waals surface area contributed by atoms with Crippen molar-refractivity contribution in [3.8, 4) is 5.88 Å². The van der Waals surface area contributed by atoms with E-state index < -0.39 is 0 Å². The lowest BCUT2D eigenvalue weighted by Crippen LogP contribution is -2.08. The fourth-order valence-corrected chi connectivity index (χ4v) is 0.761. The topological polar surface area (TPSA) is 55.2 Å². The van der Waals surface area contributed by atoms with E-state index in [1.165, 1.54) is 12.4 Å². The van der Waals surface area contributed by atoms with Crippen LogP contribution in [0.2, 0.25) is 0 Å². The maximum Gasteiger partial charge on any atom is 0.232 e. The van der Waals surface area contributed by atoms with E-state index >= 15 is 0 Å². The molecule has 4 nitrogen and oxygen atoms in total. The molecule has 12 heavy (non-hydrogen) atoms. The van der Waals surface area contributed by atoms with Crippen molar-refractivity contribution in [3.63, 3.8) is 0 Å². The Balaban J connectivity index is 2.72. The first-order valence-corrected chi connectivity index (χ1v) is 3.81. The molecule has 0 spiro atoms. The Kier molecular flexibility index (Phi) is 2.99. The smallest absolute Gasteiger partial charge is 0.232 e. The number of aliphatic hydroxyl groups is 1. The maximum absolute atomic E-state index is 8.74. The van der Waals surface area contributed by atoms with Gasteiger partial charge in [-0.15, -0.1) is 0 Å². The lowest BCUT2D eigenvalue weighted by Gasteiger charge is -2.07. The van der Waals surface area contributed by atoms with Crippen molar-refractivity contribution in [2.24, 2.45) is 0 Å². The summed E-state index contributed by atoms with van der Waals surface area (Å²) in [4.78, 5) is 7.86. The van der Waals surface area contributed by atoms with E-state index in [1.807, 2.05) is 13.8 Å². The highest BCUT2D eigenvalue weighted by molar-refractivity contribution is 5.07. The van der Waals surface area contributed by atoms with Gasteiger partial charge in [0.25, 0.3) is 0 Å². The minimum atomic E-state index is -0.109. The molecule has 1 N–H and O–H groups in total. The van der Waals surface area contributed by atoms with Gasteiger partial charge in [-0.25, -0.2) is 4.98 Å². The predicted molar refractivity (Wildman–Crippen MR) is 43.7 cm³/mol. The van der Waals surface area contributed by atoms with Gasteiger partial charge in [0.1, 0.15) is 0 Å². The second kappa shape index (κ2) is 4.01. The summed E-state index contributed by atoms with van der Waals surface area (Å²) in [5.41, 5.74) is 0.521. The summed E-state index contributed by atoms with van der Waals surface area (Å²) >= 11 is 0. The van der Waals surface area contributed by atoms with Crippen LogP contribution < -0.4 is 4.74 Å². The molecular formula is C8H12N2O2. The molecule has 0 amide bonds. The Hall–Kier alpha value is -1.16.